The van der Waals surface area contributed by atoms with E-state index >= 15 is 0 Å². The first-order valence-electron chi connectivity index (χ1n) is 2.66. The van der Waals surface area contributed by atoms with Crippen molar-refractivity contribution in [1.82, 2.24) is 5.32 Å². The topological polar surface area (TPSA) is 12.0 Å². The average molecular weight is 127 g/mol. The Morgan fingerprint density at radius 1 is 1.62 bits per heavy atom. The zero-order valence-corrected chi connectivity index (χ0v) is 6.09. The second-order valence-corrected chi connectivity index (χ2v) is 2.69. The molecule has 0 radical (unpaired) electrons. The lowest BCUT2D eigenvalue weighted by molar-refractivity contribution is 0.883. The molecule has 1 unspecified atom stereocenters. The Balaban J connectivity index is 2.65. The Kier molecular flexibility index (Phi) is 1.69. The maximum absolute atomic E-state index is 3.20. The van der Waals surface area contributed by atoms with Crippen molar-refractivity contribution in [3.63, 3.8) is 0 Å². The number of rotatable bonds is 0. The van der Waals surface area contributed by atoms with Crippen LogP contribution < -0.4 is 5.32 Å². The monoisotopic (exact) mass is 127 g/mol. The molecule has 0 aromatic rings. The molecule has 1 N–H and O–H groups in total. The zero-order valence-electron chi connectivity index (χ0n) is 4.94. The molecular formula is C6H10NP. The van der Waals surface area contributed by atoms with Crippen LogP contribution in [0.25, 0.3) is 0 Å². The second-order valence-electron chi connectivity index (χ2n) is 1.94. The van der Waals surface area contributed by atoms with Crippen molar-refractivity contribution in [1.29, 1.82) is 0 Å². The van der Waals surface area contributed by atoms with Crippen LogP contribution in [0.2, 0.25) is 0 Å². The first-order valence-corrected chi connectivity index (χ1v) is 3.23. The minimum absolute atomic E-state index is 0.979. The third-order valence-electron chi connectivity index (χ3n) is 1.12. The molecule has 0 aliphatic carbocycles. The highest BCUT2D eigenvalue weighted by atomic mass is 31.0. The van der Waals surface area contributed by atoms with Crippen molar-refractivity contribution >= 4 is 9.24 Å². The lowest BCUT2D eigenvalue weighted by Crippen LogP contribution is -2.14. The summed E-state index contributed by atoms with van der Waals surface area (Å²) in [6, 6.07) is 0. The minimum atomic E-state index is 0.979. The molecule has 0 spiro atoms. The van der Waals surface area contributed by atoms with E-state index in [1.54, 1.807) is 0 Å². The second kappa shape index (κ2) is 2.32. The van der Waals surface area contributed by atoms with Gasteiger partial charge >= 0.3 is 0 Å². The summed E-state index contributed by atoms with van der Waals surface area (Å²) in [6.07, 6.45) is 4.18. The Morgan fingerprint density at radius 2 is 2.38 bits per heavy atom. The molecule has 1 nitrogen and oxygen atoms in total. The van der Waals surface area contributed by atoms with Gasteiger partial charge in [0.1, 0.15) is 0 Å². The Bertz CT molecular complexity index is 129. The van der Waals surface area contributed by atoms with Crippen molar-refractivity contribution in [2.45, 2.75) is 6.92 Å². The van der Waals surface area contributed by atoms with Gasteiger partial charge in [-0.1, -0.05) is 6.08 Å². The van der Waals surface area contributed by atoms with Crippen LogP contribution in [0.15, 0.2) is 23.2 Å². The van der Waals surface area contributed by atoms with Gasteiger partial charge in [-0.05, 0) is 18.3 Å². The van der Waals surface area contributed by atoms with Crippen LogP contribution in [-0.2, 0) is 0 Å². The molecule has 1 rings (SSSR count). The highest BCUT2D eigenvalue weighted by Gasteiger charge is 1.93. The number of allylic oxidation sites excluding steroid dienone is 3. The molecule has 44 valence electrons. The van der Waals surface area contributed by atoms with Crippen LogP contribution in [0.3, 0.4) is 0 Å². The van der Waals surface area contributed by atoms with E-state index in [9.17, 15) is 0 Å². The molecule has 0 aromatic heterocycles. The fourth-order valence-electron chi connectivity index (χ4n) is 0.591. The Labute approximate surface area is 52.1 Å². The van der Waals surface area contributed by atoms with E-state index in [0.717, 1.165) is 6.54 Å². The Hall–Kier alpha value is -0.290. The quantitative estimate of drug-likeness (QED) is 0.483. The van der Waals surface area contributed by atoms with Gasteiger partial charge in [-0.2, -0.15) is 0 Å². The van der Waals surface area contributed by atoms with Crippen molar-refractivity contribution in [3.8, 4) is 0 Å². The molecule has 0 saturated heterocycles. The maximum atomic E-state index is 3.20. The molecule has 1 aliphatic heterocycles. The SMILES string of the molecule is CC1=CC=C(P)CN1. The summed E-state index contributed by atoms with van der Waals surface area (Å²) in [7, 11) is 2.68. The summed E-state index contributed by atoms with van der Waals surface area (Å²) in [5.74, 6) is 0. The molecule has 0 fully saturated rings. The maximum Gasteiger partial charge on any atom is 0.0396 e. The summed E-state index contributed by atoms with van der Waals surface area (Å²) in [5, 5.41) is 4.52. The predicted molar refractivity (Wildman–Crippen MR) is 39.6 cm³/mol. The molecule has 0 aromatic carbocycles. The lowest BCUT2D eigenvalue weighted by Gasteiger charge is -2.09. The highest BCUT2D eigenvalue weighted by molar-refractivity contribution is 7.22. The van der Waals surface area contributed by atoms with Crippen LogP contribution in [-0.4, -0.2) is 6.54 Å². The summed E-state index contributed by atoms with van der Waals surface area (Å²) in [4.78, 5) is 0. The molecule has 0 bridgehead atoms. The standard InChI is InChI=1S/C6H10NP/c1-5-2-3-6(8)4-7-5/h2-3,7H,4,8H2,1H3. The van der Waals surface area contributed by atoms with Crippen molar-refractivity contribution in [3.05, 3.63) is 23.2 Å². The summed E-state index contributed by atoms with van der Waals surface area (Å²) in [6.45, 7) is 3.04. The molecule has 2 heteroatoms. The van der Waals surface area contributed by atoms with Crippen LogP contribution in [0.4, 0.5) is 0 Å². The van der Waals surface area contributed by atoms with Crippen LogP contribution >= 0.6 is 9.24 Å². The van der Waals surface area contributed by atoms with Gasteiger partial charge in [-0.15, -0.1) is 9.24 Å². The third-order valence-corrected chi connectivity index (χ3v) is 1.52. The molecule has 8 heavy (non-hydrogen) atoms. The van der Waals surface area contributed by atoms with E-state index in [4.69, 9.17) is 0 Å². The average Bonchev–Trinajstić information content (AvgIpc) is 1.77. The predicted octanol–water partition coefficient (Wildman–Crippen LogP) is 1.25. The van der Waals surface area contributed by atoms with E-state index < -0.39 is 0 Å². The summed E-state index contributed by atoms with van der Waals surface area (Å²) >= 11 is 0. The number of hydrogen-bond acceptors (Lipinski definition) is 1. The van der Waals surface area contributed by atoms with Crippen molar-refractivity contribution in [2.24, 2.45) is 0 Å². The first kappa shape index (κ1) is 5.84. The fourth-order valence-corrected chi connectivity index (χ4v) is 0.790. The Morgan fingerprint density at radius 3 is 2.75 bits per heavy atom. The lowest BCUT2D eigenvalue weighted by atomic mass is 10.3. The van der Waals surface area contributed by atoms with Crippen LogP contribution in [0.5, 0.6) is 0 Å². The largest absolute Gasteiger partial charge is 0.384 e. The minimum Gasteiger partial charge on any atom is -0.384 e. The number of hydrogen-bond donors (Lipinski definition) is 1. The van der Waals surface area contributed by atoms with Gasteiger partial charge in [0, 0.05) is 12.2 Å². The summed E-state index contributed by atoms with van der Waals surface area (Å²) < 4.78 is 0. The molecular weight excluding hydrogens is 117 g/mol. The van der Waals surface area contributed by atoms with Crippen molar-refractivity contribution < 1.29 is 0 Å². The van der Waals surface area contributed by atoms with Crippen LogP contribution in [0.1, 0.15) is 6.92 Å². The molecule has 0 amide bonds. The van der Waals surface area contributed by atoms with E-state index in [-0.39, 0.29) is 0 Å². The highest BCUT2D eigenvalue weighted by Crippen LogP contribution is 2.08. The molecule has 1 aliphatic rings. The zero-order chi connectivity index (χ0) is 5.98. The van der Waals surface area contributed by atoms with E-state index in [2.05, 4.69) is 33.6 Å². The first-order chi connectivity index (χ1) is 3.79. The number of nitrogens with one attached hydrogen (secondary N) is 1. The fraction of sp³-hybridized carbons (Fsp3) is 0.333. The summed E-state index contributed by atoms with van der Waals surface area (Å²) in [5.41, 5.74) is 1.25. The van der Waals surface area contributed by atoms with E-state index in [1.807, 2.05) is 0 Å². The molecule has 1 atom stereocenters. The van der Waals surface area contributed by atoms with Gasteiger partial charge in [0.05, 0.1) is 0 Å². The van der Waals surface area contributed by atoms with Gasteiger partial charge in [0.2, 0.25) is 0 Å². The van der Waals surface area contributed by atoms with E-state index in [0.29, 0.717) is 0 Å². The van der Waals surface area contributed by atoms with Gasteiger partial charge in [0.15, 0.2) is 0 Å². The van der Waals surface area contributed by atoms with Crippen LogP contribution in [0, 0.1) is 0 Å². The smallest absolute Gasteiger partial charge is 0.0396 e. The van der Waals surface area contributed by atoms with Gasteiger partial charge in [-0.3, -0.25) is 0 Å². The number of dihydropyridines is 1. The van der Waals surface area contributed by atoms with Crippen molar-refractivity contribution in [2.75, 3.05) is 6.54 Å². The third kappa shape index (κ3) is 1.34. The van der Waals surface area contributed by atoms with Gasteiger partial charge in [-0.25, -0.2) is 0 Å². The van der Waals surface area contributed by atoms with Gasteiger partial charge in [0.25, 0.3) is 0 Å². The molecule has 1 heterocycles. The van der Waals surface area contributed by atoms with Gasteiger partial charge < -0.3 is 5.32 Å². The molecule has 0 saturated carbocycles. The van der Waals surface area contributed by atoms with E-state index in [1.165, 1.54) is 11.0 Å². The normalized spacial score (nSPS) is 18.8.